The van der Waals surface area contributed by atoms with E-state index < -0.39 is 0 Å². The zero-order valence-electron chi connectivity index (χ0n) is 16.7. The molecule has 1 N–H and O–H groups in total. The number of benzene rings is 2. The second kappa shape index (κ2) is 8.17. The summed E-state index contributed by atoms with van der Waals surface area (Å²) in [5.41, 5.74) is 4.61. The molecule has 150 valence electrons. The third-order valence-electron chi connectivity index (χ3n) is 5.17. The first kappa shape index (κ1) is 18.6. The Morgan fingerprint density at radius 1 is 1.00 bits per heavy atom. The number of hydrogen-bond donors (Lipinski definition) is 1. The van der Waals surface area contributed by atoms with Crippen molar-refractivity contribution >= 4 is 16.8 Å². The molecule has 2 aromatic carbocycles. The van der Waals surface area contributed by atoms with Crippen LogP contribution in [0.4, 0.5) is 5.69 Å². The average molecular weight is 405 g/mol. The molecule has 0 radical (unpaired) electrons. The molecule has 5 aromatic rings. The molecule has 0 spiro atoms. The molecule has 0 aliphatic rings. The molecule has 3 aromatic heterocycles. The number of aromatic nitrogens is 3. The Morgan fingerprint density at radius 3 is 2.42 bits per heavy atom. The van der Waals surface area contributed by atoms with Crippen molar-refractivity contribution in [2.45, 2.75) is 6.54 Å². The van der Waals surface area contributed by atoms with Crippen molar-refractivity contribution < 1.29 is 4.42 Å². The smallest absolute Gasteiger partial charge is 0.229 e. The predicted octanol–water partition coefficient (Wildman–Crippen LogP) is 5.34. The van der Waals surface area contributed by atoms with Gasteiger partial charge in [0, 0.05) is 36.6 Å². The van der Waals surface area contributed by atoms with Crippen LogP contribution in [0.5, 0.6) is 0 Å². The van der Waals surface area contributed by atoms with Crippen LogP contribution in [-0.2, 0) is 6.54 Å². The number of anilines is 1. The second-order valence-electron chi connectivity index (χ2n) is 7.10. The molecule has 31 heavy (non-hydrogen) atoms. The summed E-state index contributed by atoms with van der Waals surface area (Å²) in [6, 6.07) is 22.3. The summed E-state index contributed by atoms with van der Waals surface area (Å²) in [4.78, 5) is 8.54. The van der Waals surface area contributed by atoms with Crippen LogP contribution < -0.4 is 5.32 Å². The van der Waals surface area contributed by atoms with Gasteiger partial charge in [-0.25, -0.2) is 9.97 Å². The maximum Gasteiger partial charge on any atom is 0.229 e. The lowest BCUT2D eigenvalue weighted by molar-refractivity contribution is 0.619. The Balaban J connectivity index is 1.70. The summed E-state index contributed by atoms with van der Waals surface area (Å²) >= 11 is 0. The first-order valence-corrected chi connectivity index (χ1v) is 10.0. The van der Waals surface area contributed by atoms with Crippen LogP contribution in [-0.4, -0.2) is 21.1 Å². The Kier molecular flexibility index (Phi) is 4.91. The van der Waals surface area contributed by atoms with Crippen LogP contribution in [0.25, 0.3) is 33.6 Å². The predicted molar refractivity (Wildman–Crippen MR) is 120 cm³/mol. The number of furan rings is 1. The van der Waals surface area contributed by atoms with Crippen LogP contribution in [0.2, 0.25) is 0 Å². The summed E-state index contributed by atoms with van der Waals surface area (Å²) in [6.07, 6.45) is 7.00. The lowest BCUT2D eigenvalue weighted by atomic mass is 9.97. The SMILES string of the molecule is N#Cc1cnc2oc(-c3ccccc3)c(-c3ccccc3)c2c1NCCn1ccnc1. The fraction of sp³-hybridized carbons (Fsp3) is 0.0800. The number of nitriles is 1. The van der Waals surface area contributed by atoms with E-state index in [1.165, 1.54) is 0 Å². The first-order chi connectivity index (χ1) is 15.3. The molecule has 0 fully saturated rings. The molecular weight excluding hydrogens is 386 g/mol. The number of rotatable bonds is 6. The number of fused-ring (bicyclic) bond motifs is 1. The highest BCUT2D eigenvalue weighted by Gasteiger charge is 2.23. The van der Waals surface area contributed by atoms with Gasteiger partial charge in [-0.05, 0) is 5.56 Å². The highest BCUT2D eigenvalue weighted by Crippen LogP contribution is 2.43. The fourth-order valence-electron chi connectivity index (χ4n) is 3.73. The van der Waals surface area contributed by atoms with Gasteiger partial charge in [-0.15, -0.1) is 0 Å². The summed E-state index contributed by atoms with van der Waals surface area (Å²) in [7, 11) is 0. The van der Waals surface area contributed by atoms with E-state index in [-0.39, 0.29) is 0 Å². The van der Waals surface area contributed by atoms with Crippen molar-refractivity contribution in [1.29, 1.82) is 5.26 Å². The van der Waals surface area contributed by atoms with E-state index in [1.54, 1.807) is 18.7 Å². The van der Waals surface area contributed by atoms with Gasteiger partial charge in [-0.2, -0.15) is 5.26 Å². The molecule has 0 saturated heterocycles. The molecule has 0 saturated carbocycles. The number of pyridine rings is 1. The quantitative estimate of drug-likeness (QED) is 0.412. The normalized spacial score (nSPS) is 10.8. The molecule has 3 heterocycles. The molecule has 0 aliphatic carbocycles. The molecule has 0 aliphatic heterocycles. The van der Waals surface area contributed by atoms with E-state index in [4.69, 9.17) is 4.42 Å². The average Bonchev–Trinajstić information content (AvgIpc) is 3.48. The highest BCUT2D eigenvalue weighted by atomic mass is 16.3. The lowest BCUT2D eigenvalue weighted by Gasteiger charge is -2.11. The van der Waals surface area contributed by atoms with Crippen LogP contribution in [0.15, 0.2) is 90.0 Å². The van der Waals surface area contributed by atoms with Gasteiger partial charge in [-0.1, -0.05) is 60.7 Å². The Bertz CT molecular complexity index is 1350. The molecule has 6 heteroatoms. The van der Waals surface area contributed by atoms with Gasteiger partial charge in [0.05, 0.1) is 29.2 Å². The maximum atomic E-state index is 9.77. The van der Waals surface area contributed by atoms with Crippen molar-refractivity contribution in [2.24, 2.45) is 0 Å². The molecule has 6 nitrogen and oxygen atoms in total. The summed E-state index contributed by atoms with van der Waals surface area (Å²) < 4.78 is 8.24. The highest BCUT2D eigenvalue weighted by molar-refractivity contribution is 6.08. The molecule has 0 atom stereocenters. The van der Waals surface area contributed by atoms with Gasteiger partial charge in [0.2, 0.25) is 5.71 Å². The Hall–Kier alpha value is -4.37. The minimum atomic E-state index is 0.482. The van der Waals surface area contributed by atoms with Crippen molar-refractivity contribution in [3.63, 3.8) is 0 Å². The number of nitrogens with one attached hydrogen (secondary N) is 1. The second-order valence-corrected chi connectivity index (χ2v) is 7.10. The monoisotopic (exact) mass is 405 g/mol. The molecular formula is C25H19N5O. The van der Waals surface area contributed by atoms with Gasteiger partial charge in [0.1, 0.15) is 11.8 Å². The van der Waals surface area contributed by atoms with Gasteiger partial charge < -0.3 is 14.3 Å². The van der Waals surface area contributed by atoms with Crippen LogP contribution in [0.1, 0.15) is 5.56 Å². The van der Waals surface area contributed by atoms with E-state index in [9.17, 15) is 5.26 Å². The zero-order valence-corrected chi connectivity index (χ0v) is 16.7. The molecule has 0 amide bonds. The van der Waals surface area contributed by atoms with E-state index in [1.807, 2.05) is 71.4 Å². The third kappa shape index (κ3) is 3.53. The number of imidazole rings is 1. The molecule has 0 unspecified atom stereocenters. The van der Waals surface area contributed by atoms with Crippen molar-refractivity contribution in [3.8, 4) is 28.5 Å². The van der Waals surface area contributed by atoms with Gasteiger partial charge in [0.15, 0.2) is 0 Å². The largest absolute Gasteiger partial charge is 0.437 e. The van der Waals surface area contributed by atoms with Crippen LogP contribution in [0.3, 0.4) is 0 Å². The van der Waals surface area contributed by atoms with Gasteiger partial charge >= 0.3 is 0 Å². The zero-order chi connectivity index (χ0) is 21.0. The summed E-state index contributed by atoms with van der Waals surface area (Å²) in [5, 5.41) is 14.0. The number of nitrogens with zero attached hydrogens (tertiary/aromatic N) is 4. The van der Waals surface area contributed by atoms with Gasteiger partial charge in [-0.3, -0.25) is 0 Å². The summed E-state index contributed by atoms with van der Waals surface area (Å²) in [6.45, 7) is 1.35. The first-order valence-electron chi connectivity index (χ1n) is 10.0. The Morgan fingerprint density at radius 2 is 1.74 bits per heavy atom. The fourth-order valence-corrected chi connectivity index (χ4v) is 3.73. The lowest BCUT2D eigenvalue weighted by Crippen LogP contribution is -2.10. The maximum absolute atomic E-state index is 9.77. The third-order valence-corrected chi connectivity index (χ3v) is 5.17. The minimum Gasteiger partial charge on any atom is -0.437 e. The standard InChI is InChI=1S/C25H19N5O/c26-15-20-16-29-25-22(23(20)28-12-14-30-13-11-27-17-30)21(18-7-3-1-4-8-18)24(31-25)19-9-5-2-6-10-19/h1-11,13,16-17H,12,14H2,(H,28,29). The van der Waals surface area contributed by atoms with Crippen molar-refractivity contribution in [3.05, 3.63) is 91.1 Å². The van der Waals surface area contributed by atoms with E-state index >= 15 is 0 Å². The van der Waals surface area contributed by atoms with Crippen molar-refractivity contribution in [1.82, 2.24) is 14.5 Å². The molecule has 0 bridgehead atoms. The van der Waals surface area contributed by atoms with Crippen molar-refractivity contribution in [2.75, 3.05) is 11.9 Å². The van der Waals surface area contributed by atoms with E-state index in [0.29, 0.717) is 17.8 Å². The van der Waals surface area contributed by atoms with Gasteiger partial charge in [0.25, 0.3) is 0 Å². The summed E-state index contributed by atoms with van der Waals surface area (Å²) in [5.74, 6) is 0.738. The minimum absolute atomic E-state index is 0.482. The van der Waals surface area contributed by atoms with Crippen LogP contribution in [0, 0.1) is 11.3 Å². The Labute approximate surface area is 179 Å². The van der Waals surface area contributed by atoms with E-state index in [2.05, 4.69) is 21.4 Å². The van der Waals surface area contributed by atoms with E-state index in [0.717, 1.165) is 40.1 Å². The number of hydrogen-bond acceptors (Lipinski definition) is 5. The topological polar surface area (TPSA) is 79.7 Å². The van der Waals surface area contributed by atoms with Crippen LogP contribution >= 0.6 is 0 Å². The molecule has 5 rings (SSSR count).